The van der Waals surface area contributed by atoms with Crippen molar-refractivity contribution in [1.82, 2.24) is 0 Å². The molecule has 0 aliphatic carbocycles. The minimum absolute atomic E-state index is 0.129. The summed E-state index contributed by atoms with van der Waals surface area (Å²) in [5.41, 5.74) is 2.57. The van der Waals surface area contributed by atoms with Crippen LogP contribution in [0.25, 0.3) is 0 Å². The number of hydrogen-bond donors (Lipinski definition) is 2. The maximum atomic E-state index is 13.1. The Morgan fingerprint density at radius 3 is 2.29 bits per heavy atom. The van der Waals surface area contributed by atoms with E-state index in [4.69, 9.17) is 9.84 Å². The van der Waals surface area contributed by atoms with Crippen LogP contribution >= 0.6 is 0 Å². The van der Waals surface area contributed by atoms with Gasteiger partial charge in [-0.2, -0.15) is 0 Å². The van der Waals surface area contributed by atoms with E-state index in [2.05, 4.69) is 0 Å². The van der Waals surface area contributed by atoms with Gasteiger partial charge in [0.05, 0.1) is 22.3 Å². The molecule has 3 aromatic rings. The van der Waals surface area contributed by atoms with Gasteiger partial charge in [-0.25, -0.2) is 13.2 Å². The number of fused-ring (bicyclic) bond motifs is 1. The Bertz CT molecular complexity index is 1310. The smallest absolute Gasteiger partial charge is 0.335 e. The van der Waals surface area contributed by atoms with E-state index in [1.54, 1.807) is 50.2 Å². The average Bonchev–Trinajstić information content (AvgIpc) is 2.83. The molecule has 0 aromatic heterocycles. The molecule has 0 saturated carbocycles. The van der Waals surface area contributed by atoms with Gasteiger partial charge >= 0.3 is 5.97 Å². The highest BCUT2D eigenvalue weighted by Crippen LogP contribution is 2.45. The molecule has 0 bridgehead atoms. The molecule has 2 atom stereocenters. The Balaban J connectivity index is 1.62. The van der Waals surface area contributed by atoms with E-state index in [0.29, 0.717) is 11.3 Å². The number of carbonyl (C=O) groups is 1. The van der Waals surface area contributed by atoms with Crippen LogP contribution in [0.3, 0.4) is 0 Å². The van der Waals surface area contributed by atoms with Gasteiger partial charge in [-0.1, -0.05) is 55.8 Å². The van der Waals surface area contributed by atoms with Crippen LogP contribution in [0.2, 0.25) is 0 Å². The summed E-state index contributed by atoms with van der Waals surface area (Å²) in [4.78, 5) is 11.3. The van der Waals surface area contributed by atoms with E-state index in [1.807, 2.05) is 25.1 Å². The van der Waals surface area contributed by atoms with Crippen LogP contribution in [0.4, 0.5) is 0 Å². The van der Waals surface area contributed by atoms with E-state index >= 15 is 0 Å². The van der Waals surface area contributed by atoms with Crippen LogP contribution in [-0.4, -0.2) is 36.5 Å². The quantitative estimate of drug-likeness (QED) is 0.554. The first-order valence-electron chi connectivity index (χ1n) is 11.0. The molecule has 0 fully saturated rings. The van der Waals surface area contributed by atoms with Crippen molar-refractivity contribution < 1.29 is 28.2 Å². The highest BCUT2D eigenvalue weighted by Gasteiger charge is 2.44. The van der Waals surface area contributed by atoms with Crippen molar-refractivity contribution in [1.29, 1.82) is 0 Å². The molecule has 34 heavy (non-hydrogen) atoms. The minimum Gasteiger partial charge on any atom is -0.489 e. The monoisotopic (exact) mass is 480 g/mol. The Kier molecular flexibility index (Phi) is 6.27. The third-order valence-corrected chi connectivity index (χ3v) is 8.53. The number of aromatic carboxylic acids is 1. The Morgan fingerprint density at radius 1 is 1.03 bits per heavy atom. The van der Waals surface area contributed by atoms with Gasteiger partial charge in [0.15, 0.2) is 9.84 Å². The second kappa shape index (κ2) is 8.89. The molecule has 7 heteroatoms. The SMILES string of the molecule is Cc1ccc2c(c1)[C@@H](c1ccc(OCc3ccc(C(=O)O)cc3)cc1)[C@@H](O)C(C)(C)CS2(=O)=O. The molecule has 4 rings (SSSR count). The Hall–Kier alpha value is -3.16. The predicted molar refractivity (Wildman–Crippen MR) is 129 cm³/mol. The summed E-state index contributed by atoms with van der Waals surface area (Å²) >= 11 is 0. The highest BCUT2D eigenvalue weighted by atomic mass is 32.2. The molecule has 0 radical (unpaired) electrons. The molecule has 178 valence electrons. The molecule has 3 aromatic carbocycles. The normalized spacial score (nSPS) is 20.7. The lowest BCUT2D eigenvalue weighted by Gasteiger charge is -2.33. The van der Waals surface area contributed by atoms with Crippen LogP contribution < -0.4 is 4.74 Å². The van der Waals surface area contributed by atoms with Gasteiger partial charge < -0.3 is 14.9 Å². The van der Waals surface area contributed by atoms with Crippen LogP contribution in [0.15, 0.2) is 71.6 Å². The zero-order valence-corrected chi connectivity index (χ0v) is 20.2. The topological polar surface area (TPSA) is 101 Å². The van der Waals surface area contributed by atoms with Crippen molar-refractivity contribution in [2.24, 2.45) is 5.41 Å². The zero-order chi connectivity index (χ0) is 24.7. The molecule has 1 heterocycles. The van der Waals surface area contributed by atoms with Crippen molar-refractivity contribution in [2.45, 2.75) is 44.3 Å². The standard InChI is InChI=1S/C27H28O6S/c1-17-4-13-23-22(14-17)24(25(28)27(2,3)16-34(23,31)32)19-9-11-21(12-10-19)33-15-18-5-7-20(8-6-18)26(29)30/h4-14,24-25,28H,15-16H2,1-3H3,(H,29,30)/t24-,25-/m1/s1. The third-order valence-electron chi connectivity index (χ3n) is 6.36. The van der Waals surface area contributed by atoms with Crippen molar-refractivity contribution >= 4 is 15.8 Å². The lowest BCUT2D eigenvalue weighted by atomic mass is 9.75. The molecular weight excluding hydrogens is 452 g/mol. The van der Waals surface area contributed by atoms with Gasteiger partial charge in [-0.15, -0.1) is 0 Å². The van der Waals surface area contributed by atoms with Crippen LogP contribution in [0, 0.1) is 12.3 Å². The van der Waals surface area contributed by atoms with Crippen molar-refractivity contribution in [2.75, 3.05) is 5.75 Å². The number of aliphatic hydroxyl groups is 1. The number of carboxylic acid groups (broad SMARTS) is 1. The number of benzene rings is 3. The molecule has 6 nitrogen and oxygen atoms in total. The van der Waals surface area contributed by atoms with Gasteiger partial charge in [0.25, 0.3) is 0 Å². The number of rotatable bonds is 5. The van der Waals surface area contributed by atoms with Gasteiger partial charge in [0.1, 0.15) is 12.4 Å². The predicted octanol–water partition coefficient (Wildman–Crippen LogP) is 4.58. The number of hydrogen-bond acceptors (Lipinski definition) is 5. The maximum absolute atomic E-state index is 13.1. The summed E-state index contributed by atoms with van der Waals surface area (Å²) in [6, 6.07) is 19.1. The number of ether oxygens (including phenoxy) is 1. The highest BCUT2D eigenvalue weighted by molar-refractivity contribution is 7.91. The van der Waals surface area contributed by atoms with E-state index in [9.17, 15) is 18.3 Å². The summed E-state index contributed by atoms with van der Waals surface area (Å²) in [5, 5.41) is 20.4. The summed E-state index contributed by atoms with van der Waals surface area (Å²) in [7, 11) is -3.55. The van der Waals surface area contributed by atoms with E-state index < -0.39 is 33.2 Å². The fraction of sp³-hybridized carbons (Fsp3) is 0.296. The maximum Gasteiger partial charge on any atom is 0.335 e. The first-order chi connectivity index (χ1) is 16.0. The molecule has 1 aliphatic rings. The second-order valence-corrected chi connectivity index (χ2v) is 11.5. The number of carboxylic acids is 1. The van der Waals surface area contributed by atoms with E-state index in [0.717, 1.165) is 16.7 Å². The number of sulfone groups is 1. The molecule has 0 spiro atoms. The van der Waals surface area contributed by atoms with Gasteiger partial charge in [0.2, 0.25) is 0 Å². The van der Waals surface area contributed by atoms with E-state index in [-0.39, 0.29) is 22.8 Å². The summed E-state index contributed by atoms with van der Waals surface area (Å²) in [6.07, 6.45) is -0.898. The van der Waals surface area contributed by atoms with Crippen LogP contribution in [0.5, 0.6) is 5.75 Å². The Labute approximate surface area is 199 Å². The van der Waals surface area contributed by atoms with E-state index in [1.165, 1.54) is 12.1 Å². The van der Waals surface area contributed by atoms with Crippen LogP contribution in [-0.2, 0) is 16.4 Å². The second-order valence-electron chi connectivity index (χ2n) is 9.57. The molecular formula is C27H28O6S. The number of aryl methyl sites for hydroxylation is 1. The van der Waals surface area contributed by atoms with Crippen molar-refractivity contribution in [3.8, 4) is 5.75 Å². The lowest BCUT2D eigenvalue weighted by molar-refractivity contribution is 0.0521. The van der Waals surface area contributed by atoms with Crippen molar-refractivity contribution in [3.63, 3.8) is 0 Å². The van der Waals surface area contributed by atoms with Gasteiger partial charge in [-0.05, 0) is 53.9 Å². The first kappa shape index (κ1) is 24.0. The first-order valence-corrected chi connectivity index (χ1v) is 12.7. The zero-order valence-electron chi connectivity index (χ0n) is 19.4. The van der Waals surface area contributed by atoms with Crippen LogP contribution in [0.1, 0.15) is 52.4 Å². The molecule has 0 unspecified atom stereocenters. The summed E-state index contributed by atoms with van der Waals surface area (Å²) < 4.78 is 32.1. The minimum atomic E-state index is -3.55. The Morgan fingerprint density at radius 2 is 1.68 bits per heavy atom. The molecule has 0 saturated heterocycles. The molecule has 1 aliphatic heterocycles. The summed E-state index contributed by atoms with van der Waals surface area (Å²) in [5.74, 6) is -0.989. The fourth-order valence-corrected chi connectivity index (χ4v) is 6.64. The third kappa shape index (κ3) is 4.72. The average molecular weight is 481 g/mol. The van der Waals surface area contributed by atoms with Crippen molar-refractivity contribution in [3.05, 3.63) is 94.5 Å². The largest absolute Gasteiger partial charge is 0.489 e. The lowest BCUT2D eigenvalue weighted by Crippen LogP contribution is -2.38. The summed E-state index contributed by atoms with van der Waals surface area (Å²) in [6.45, 7) is 5.76. The number of aliphatic hydroxyl groups excluding tert-OH is 1. The van der Waals surface area contributed by atoms with Gasteiger partial charge in [0, 0.05) is 11.3 Å². The van der Waals surface area contributed by atoms with Gasteiger partial charge in [-0.3, -0.25) is 0 Å². The molecule has 0 amide bonds. The fourth-order valence-electron chi connectivity index (χ4n) is 4.51. The molecule has 2 N–H and O–H groups in total.